The fourth-order valence-electron chi connectivity index (χ4n) is 4.56. The number of carbonyl (C=O) groups excluding carboxylic acids is 2. The Hall–Kier alpha value is -3.93. The van der Waals surface area contributed by atoms with Crippen molar-refractivity contribution < 1.29 is 23.8 Å². The molecule has 0 saturated carbocycles. The highest BCUT2D eigenvalue weighted by atomic mass is 16.5. The lowest BCUT2D eigenvalue weighted by molar-refractivity contribution is -0.135. The van der Waals surface area contributed by atoms with E-state index in [1.165, 1.54) is 13.0 Å². The molecule has 0 spiro atoms. The first-order valence-electron chi connectivity index (χ1n) is 9.89. The summed E-state index contributed by atoms with van der Waals surface area (Å²) in [6, 6.07) is 14.8. The standard InChI is InChI=1S/C25H18O6/c1-12-10-18(27)30-24-20(12)23(29)21(13(2)26)25-22(24)17(11-19(28)31-25)16-9-5-7-14-6-3-4-8-15(14)16/h3-10,17,29H,11H2,1-2H3/t17-/m0/s1. The van der Waals surface area contributed by atoms with Crippen LogP contribution in [0.3, 0.4) is 0 Å². The van der Waals surface area contributed by atoms with Gasteiger partial charge in [-0.2, -0.15) is 0 Å². The van der Waals surface area contributed by atoms with Crippen LogP contribution in [0, 0.1) is 6.92 Å². The number of hydrogen-bond acceptors (Lipinski definition) is 6. The molecule has 0 saturated heterocycles. The minimum Gasteiger partial charge on any atom is -0.506 e. The van der Waals surface area contributed by atoms with Crippen molar-refractivity contribution in [3.63, 3.8) is 0 Å². The average molecular weight is 414 g/mol. The molecule has 0 fully saturated rings. The second-order valence-corrected chi connectivity index (χ2v) is 7.77. The third-order valence-electron chi connectivity index (χ3n) is 5.83. The molecule has 1 N–H and O–H groups in total. The number of esters is 1. The molecule has 31 heavy (non-hydrogen) atoms. The summed E-state index contributed by atoms with van der Waals surface area (Å²) in [5.41, 5.74) is 1.21. The Morgan fingerprint density at radius 2 is 1.84 bits per heavy atom. The van der Waals surface area contributed by atoms with E-state index in [0.29, 0.717) is 11.1 Å². The van der Waals surface area contributed by atoms with Gasteiger partial charge in [0.2, 0.25) is 0 Å². The minimum atomic E-state index is -0.587. The number of hydrogen-bond donors (Lipinski definition) is 1. The van der Waals surface area contributed by atoms with Gasteiger partial charge in [-0.15, -0.1) is 0 Å². The zero-order valence-corrected chi connectivity index (χ0v) is 16.9. The lowest BCUT2D eigenvalue weighted by Gasteiger charge is -2.28. The summed E-state index contributed by atoms with van der Waals surface area (Å²) in [4.78, 5) is 37.3. The first kappa shape index (κ1) is 19.1. The van der Waals surface area contributed by atoms with Crippen molar-refractivity contribution in [1.82, 2.24) is 0 Å². The zero-order chi connectivity index (χ0) is 21.9. The number of ether oxygens (including phenoxy) is 1. The molecule has 5 rings (SSSR count). The Bertz CT molecular complexity index is 1470. The summed E-state index contributed by atoms with van der Waals surface area (Å²) in [6.07, 6.45) is 0.00980. The summed E-state index contributed by atoms with van der Waals surface area (Å²) in [5.74, 6) is -1.89. The number of aryl methyl sites for hydroxylation is 1. The lowest BCUT2D eigenvalue weighted by atomic mass is 9.81. The third kappa shape index (κ3) is 2.83. The van der Waals surface area contributed by atoms with Crippen molar-refractivity contribution in [3.8, 4) is 11.5 Å². The number of benzene rings is 3. The Balaban J connectivity index is 1.97. The lowest BCUT2D eigenvalue weighted by Crippen LogP contribution is -2.24. The molecule has 4 aromatic rings. The van der Waals surface area contributed by atoms with E-state index in [-0.39, 0.29) is 34.5 Å². The van der Waals surface area contributed by atoms with Gasteiger partial charge in [-0.25, -0.2) is 4.79 Å². The molecule has 1 aliphatic rings. The fourth-order valence-corrected chi connectivity index (χ4v) is 4.56. The van der Waals surface area contributed by atoms with E-state index in [1.807, 2.05) is 42.5 Å². The van der Waals surface area contributed by atoms with E-state index in [4.69, 9.17) is 9.15 Å². The Kier molecular flexibility index (Phi) is 4.18. The molecule has 0 radical (unpaired) electrons. The largest absolute Gasteiger partial charge is 0.506 e. The highest BCUT2D eigenvalue weighted by Gasteiger charge is 2.37. The number of phenols is 1. The van der Waals surface area contributed by atoms with Crippen molar-refractivity contribution in [3.05, 3.63) is 81.2 Å². The second kappa shape index (κ2) is 6.80. The number of Topliss-reactive ketones (excluding diaryl/α,β-unsaturated/α-hetero) is 1. The van der Waals surface area contributed by atoms with Crippen LogP contribution in [0.25, 0.3) is 21.7 Å². The Morgan fingerprint density at radius 3 is 2.61 bits per heavy atom. The van der Waals surface area contributed by atoms with Gasteiger partial charge < -0.3 is 14.3 Å². The number of phenolic OH excluding ortho intramolecular Hbond substituents is 1. The number of ketones is 1. The van der Waals surface area contributed by atoms with Crippen LogP contribution >= 0.6 is 0 Å². The van der Waals surface area contributed by atoms with Gasteiger partial charge in [0.25, 0.3) is 0 Å². The molecule has 1 aliphatic heterocycles. The van der Waals surface area contributed by atoms with Gasteiger partial charge in [-0.05, 0) is 35.7 Å². The molecule has 6 heteroatoms. The molecular weight excluding hydrogens is 396 g/mol. The summed E-state index contributed by atoms with van der Waals surface area (Å²) in [6.45, 7) is 2.96. The van der Waals surface area contributed by atoms with Gasteiger partial charge in [0.15, 0.2) is 11.5 Å². The molecule has 0 unspecified atom stereocenters. The van der Waals surface area contributed by atoms with Crippen LogP contribution < -0.4 is 10.4 Å². The highest BCUT2D eigenvalue weighted by Crippen LogP contribution is 2.50. The summed E-state index contributed by atoms with van der Waals surface area (Å²) in [7, 11) is 0. The maximum absolute atomic E-state index is 12.6. The van der Waals surface area contributed by atoms with Crippen LogP contribution in [-0.2, 0) is 4.79 Å². The van der Waals surface area contributed by atoms with Gasteiger partial charge in [-0.3, -0.25) is 9.59 Å². The Labute approximate surface area is 176 Å². The normalized spacial score (nSPS) is 15.7. The van der Waals surface area contributed by atoms with Gasteiger partial charge in [-0.1, -0.05) is 42.5 Å². The number of fused-ring (bicyclic) bond motifs is 4. The Morgan fingerprint density at radius 1 is 1.10 bits per heavy atom. The summed E-state index contributed by atoms with van der Waals surface area (Å²) < 4.78 is 11.0. The van der Waals surface area contributed by atoms with E-state index in [1.54, 1.807) is 6.92 Å². The van der Waals surface area contributed by atoms with Crippen molar-refractivity contribution in [2.75, 3.05) is 0 Å². The predicted molar refractivity (Wildman–Crippen MR) is 115 cm³/mol. The van der Waals surface area contributed by atoms with E-state index in [9.17, 15) is 19.5 Å². The van der Waals surface area contributed by atoms with Gasteiger partial charge in [0.05, 0.1) is 11.8 Å². The molecule has 2 heterocycles. The number of aromatic hydroxyl groups is 1. The zero-order valence-electron chi connectivity index (χ0n) is 16.9. The monoisotopic (exact) mass is 414 g/mol. The van der Waals surface area contributed by atoms with Gasteiger partial charge >= 0.3 is 11.6 Å². The molecule has 6 nitrogen and oxygen atoms in total. The summed E-state index contributed by atoms with van der Waals surface area (Å²) in [5, 5.41) is 13.1. The van der Waals surface area contributed by atoms with E-state index in [2.05, 4.69) is 0 Å². The molecule has 0 amide bonds. The first-order chi connectivity index (χ1) is 14.9. The van der Waals surface area contributed by atoms with Crippen LogP contribution in [0.1, 0.15) is 46.3 Å². The first-order valence-corrected chi connectivity index (χ1v) is 9.89. The quantitative estimate of drug-likeness (QED) is 0.223. The average Bonchev–Trinajstić information content (AvgIpc) is 2.71. The molecule has 0 bridgehead atoms. The van der Waals surface area contributed by atoms with E-state index >= 15 is 0 Å². The molecule has 154 valence electrons. The second-order valence-electron chi connectivity index (χ2n) is 7.77. The van der Waals surface area contributed by atoms with Crippen molar-refractivity contribution in [2.45, 2.75) is 26.2 Å². The van der Waals surface area contributed by atoms with Crippen LogP contribution in [0.4, 0.5) is 0 Å². The highest BCUT2D eigenvalue weighted by molar-refractivity contribution is 6.09. The van der Waals surface area contributed by atoms with Crippen molar-refractivity contribution in [1.29, 1.82) is 0 Å². The minimum absolute atomic E-state index is 0.00980. The van der Waals surface area contributed by atoms with Crippen LogP contribution in [0.5, 0.6) is 11.5 Å². The maximum atomic E-state index is 12.6. The molecule has 1 atom stereocenters. The molecule has 0 aliphatic carbocycles. The van der Waals surface area contributed by atoms with E-state index in [0.717, 1.165) is 16.3 Å². The number of rotatable bonds is 2. The fraction of sp³-hybridized carbons (Fsp3) is 0.160. The van der Waals surface area contributed by atoms with Crippen molar-refractivity contribution >= 4 is 33.5 Å². The SMILES string of the molecule is CC(=O)c1c2c(c3oc(=O)cc(C)c3c1O)[C@H](c1cccc3ccccc13)CC(=O)O2. The predicted octanol–water partition coefficient (Wildman–Crippen LogP) is 4.60. The molecule has 1 aromatic heterocycles. The van der Waals surface area contributed by atoms with Crippen molar-refractivity contribution in [2.24, 2.45) is 0 Å². The maximum Gasteiger partial charge on any atom is 0.336 e. The van der Waals surface area contributed by atoms with Crippen LogP contribution in [-0.4, -0.2) is 16.9 Å². The smallest absolute Gasteiger partial charge is 0.336 e. The third-order valence-corrected chi connectivity index (χ3v) is 5.83. The van der Waals surface area contributed by atoms with Gasteiger partial charge in [0, 0.05) is 17.5 Å². The molecular formula is C25H18O6. The van der Waals surface area contributed by atoms with Crippen LogP contribution in [0.2, 0.25) is 0 Å². The molecule has 3 aromatic carbocycles. The summed E-state index contributed by atoms with van der Waals surface area (Å²) >= 11 is 0. The topological polar surface area (TPSA) is 93.8 Å². The van der Waals surface area contributed by atoms with Crippen LogP contribution in [0.15, 0.2) is 57.7 Å². The van der Waals surface area contributed by atoms with Gasteiger partial charge in [0.1, 0.15) is 16.9 Å². The number of carbonyl (C=O) groups is 2. The van der Waals surface area contributed by atoms with E-state index < -0.39 is 23.3 Å².